The van der Waals surface area contributed by atoms with Gasteiger partial charge in [0.25, 0.3) is 0 Å². The normalized spacial score (nSPS) is 23.1. The number of carbonyl (C=O) groups excluding carboxylic acids is 1. The lowest BCUT2D eigenvalue weighted by atomic mass is 9.89. The van der Waals surface area contributed by atoms with Gasteiger partial charge in [-0.2, -0.15) is 5.10 Å². The zero-order valence-electron chi connectivity index (χ0n) is 13.2. The summed E-state index contributed by atoms with van der Waals surface area (Å²) >= 11 is 0. The second-order valence-corrected chi connectivity index (χ2v) is 7.07. The monoisotopic (exact) mass is 278 g/mol. The van der Waals surface area contributed by atoms with E-state index in [0.29, 0.717) is 0 Å². The van der Waals surface area contributed by atoms with Gasteiger partial charge in [0, 0.05) is 45.8 Å². The zero-order valence-corrected chi connectivity index (χ0v) is 13.2. The summed E-state index contributed by atoms with van der Waals surface area (Å²) in [5.74, 6) is 0.490. The van der Waals surface area contributed by atoms with E-state index in [1.54, 1.807) is 4.68 Å². The van der Waals surface area contributed by atoms with Gasteiger partial charge < -0.3 is 10.2 Å². The van der Waals surface area contributed by atoms with Crippen molar-refractivity contribution < 1.29 is 4.79 Å². The molecule has 1 saturated heterocycles. The minimum Gasteiger partial charge on any atom is -0.345 e. The Morgan fingerprint density at radius 1 is 1.50 bits per heavy atom. The molecule has 1 N–H and O–H groups in total. The Labute approximate surface area is 121 Å². The van der Waals surface area contributed by atoms with E-state index in [2.05, 4.69) is 31.2 Å². The lowest BCUT2D eigenvalue weighted by molar-refractivity contribution is -0.135. The summed E-state index contributed by atoms with van der Waals surface area (Å²) in [6.45, 7) is 8.85. The third-order valence-corrected chi connectivity index (χ3v) is 3.77. The Balaban J connectivity index is 2.08. The molecule has 1 amide bonds. The van der Waals surface area contributed by atoms with Crippen molar-refractivity contribution in [3.63, 3.8) is 0 Å². The first kappa shape index (κ1) is 15.0. The van der Waals surface area contributed by atoms with Gasteiger partial charge in [0.1, 0.15) is 0 Å². The largest absolute Gasteiger partial charge is 0.345 e. The number of hydrogen-bond acceptors (Lipinski definition) is 3. The summed E-state index contributed by atoms with van der Waals surface area (Å²) < 4.78 is 1.80. The average molecular weight is 278 g/mol. The van der Waals surface area contributed by atoms with Gasteiger partial charge in [-0.25, -0.2) is 0 Å². The van der Waals surface area contributed by atoms with E-state index in [4.69, 9.17) is 0 Å². The highest BCUT2D eigenvalue weighted by molar-refractivity contribution is 5.80. The molecule has 0 radical (unpaired) electrons. The molecule has 112 valence electrons. The van der Waals surface area contributed by atoms with Gasteiger partial charge in [-0.1, -0.05) is 20.8 Å². The van der Waals surface area contributed by atoms with Crippen LogP contribution in [0.25, 0.3) is 0 Å². The number of hydrogen-bond donors (Lipinski definition) is 1. The van der Waals surface area contributed by atoms with Crippen LogP contribution < -0.4 is 5.32 Å². The van der Waals surface area contributed by atoms with Gasteiger partial charge >= 0.3 is 0 Å². The Morgan fingerprint density at radius 2 is 2.20 bits per heavy atom. The van der Waals surface area contributed by atoms with Gasteiger partial charge in [0.05, 0.1) is 12.1 Å². The molecule has 0 unspecified atom stereocenters. The third kappa shape index (κ3) is 3.39. The predicted molar refractivity (Wildman–Crippen MR) is 79.4 cm³/mol. The van der Waals surface area contributed by atoms with Crippen LogP contribution in [0, 0.1) is 11.3 Å². The molecule has 0 aromatic carbocycles. The summed E-state index contributed by atoms with van der Waals surface area (Å²) in [6, 6.07) is 0. The second-order valence-electron chi connectivity index (χ2n) is 7.07. The van der Waals surface area contributed by atoms with Crippen LogP contribution in [0.1, 0.15) is 32.3 Å². The van der Waals surface area contributed by atoms with E-state index in [0.717, 1.165) is 25.2 Å². The third-order valence-electron chi connectivity index (χ3n) is 3.77. The molecule has 0 bridgehead atoms. The minimum atomic E-state index is 0.0200. The number of aromatic nitrogens is 2. The molecule has 2 heterocycles. The first-order valence-electron chi connectivity index (χ1n) is 7.22. The Morgan fingerprint density at radius 3 is 2.75 bits per heavy atom. The number of amides is 1. The molecule has 0 aliphatic carbocycles. The average Bonchev–Trinajstić information content (AvgIpc) is 2.93. The first-order valence-corrected chi connectivity index (χ1v) is 7.22. The molecule has 1 aliphatic rings. The van der Waals surface area contributed by atoms with Crippen molar-refractivity contribution >= 4 is 5.91 Å². The summed E-state index contributed by atoms with van der Waals surface area (Å²) in [6.07, 6.45) is 3.89. The molecule has 5 heteroatoms. The van der Waals surface area contributed by atoms with Gasteiger partial charge in [-0.05, 0) is 11.0 Å². The van der Waals surface area contributed by atoms with Crippen LogP contribution in [-0.2, 0) is 11.8 Å². The molecule has 1 fully saturated rings. The summed E-state index contributed by atoms with van der Waals surface area (Å²) in [5.41, 5.74) is 1.28. The summed E-state index contributed by atoms with van der Waals surface area (Å²) in [5, 5.41) is 7.57. The highest BCUT2D eigenvalue weighted by Gasteiger charge is 2.36. The van der Waals surface area contributed by atoms with Crippen molar-refractivity contribution in [1.82, 2.24) is 20.0 Å². The van der Waals surface area contributed by atoms with Crippen LogP contribution in [0.4, 0.5) is 0 Å². The Hall–Kier alpha value is -1.36. The van der Waals surface area contributed by atoms with E-state index >= 15 is 0 Å². The smallest absolute Gasteiger partial charge is 0.227 e. The van der Waals surface area contributed by atoms with Crippen LogP contribution in [0.15, 0.2) is 12.4 Å². The molecular formula is C15H26N4O. The molecule has 2 atom stereocenters. The summed E-state index contributed by atoms with van der Waals surface area (Å²) in [7, 11) is 3.82. The number of nitrogens with one attached hydrogen (secondary N) is 1. The molecule has 5 nitrogen and oxygen atoms in total. The van der Waals surface area contributed by atoms with E-state index in [9.17, 15) is 4.79 Å². The van der Waals surface area contributed by atoms with Crippen molar-refractivity contribution in [2.75, 3.05) is 26.7 Å². The van der Waals surface area contributed by atoms with E-state index < -0.39 is 0 Å². The fourth-order valence-electron chi connectivity index (χ4n) is 2.99. The number of nitrogens with zero attached hydrogens (tertiary/aromatic N) is 3. The number of aryl methyl sites for hydroxylation is 1. The summed E-state index contributed by atoms with van der Waals surface area (Å²) in [4.78, 5) is 14.5. The van der Waals surface area contributed by atoms with Crippen LogP contribution in [0.2, 0.25) is 0 Å². The van der Waals surface area contributed by atoms with Crippen molar-refractivity contribution in [2.45, 2.75) is 26.7 Å². The van der Waals surface area contributed by atoms with Crippen molar-refractivity contribution in [1.29, 1.82) is 0 Å². The lowest BCUT2D eigenvalue weighted by Crippen LogP contribution is -2.40. The van der Waals surface area contributed by atoms with Gasteiger partial charge in [-0.15, -0.1) is 0 Å². The topological polar surface area (TPSA) is 50.2 Å². The first-order chi connectivity index (χ1) is 9.28. The highest BCUT2D eigenvalue weighted by Crippen LogP contribution is 2.29. The maximum atomic E-state index is 12.7. The standard InChI is InChI=1S/C15H26N4O/c1-15(2,3)10-18(4)14(20)13-8-16-7-12(13)11-6-17-19(5)9-11/h6,9,12-13,16H,7-8,10H2,1-5H3/t12-,13+/m1/s1. The quantitative estimate of drug-likeness (QED) is 0.904. The molecular weight excluding hydrogens is 252 g/mol. The van der Waals surface area contributed by atoms with Gasteiger partial charge in [0.15, 0.2) is 0 Å². The maximum absolute atomic E-state index is 12.7. The van der Waals surface area contributed by atoms with Crippen molar-refractivity contribution in [2.24, 2.45) is 18.4 Å². The molecule has 1 aromatic rings. The second kappa shape index (κ2) is 5.56. The van der Waals surface area contributed by atoms with E-state index in [1.807, 2.05) is 31.4 Å². The number of rotatable bonds is 3. The van der Waals surface area contributed by atoms with E-state index in [1.165, 1.54) is 0 Å². The van der Waals surface area contributed by atoms with E-state index in [-0.39, 0.29) is 23.2 Å². The Bertz CT molecular complexity index is 474. The maximum Gasteiger partial charge on any atom is 0.227 e. The Kier molecular flexibility index (Phi) is 4.18. The highest BCUT2D eigenvalue weighted by atomic mass is 16.2. The minimum absolute atomic E-state index is 0.0200. The van der Waals surface area contributed by atoms with Crippen LogP contribution in [-0.4, -0.2) is 47.3 Å². The van der Waals surface area contributed by atoms with Crippen LogP contribution >= 0.6 is 0 Å². The number of carbonyl (C=O) groups is 1. The molecule has 2 rings (SSSR count). The fourth-order valence-corrected chi connectivity index (χ4v) is 2.99. The molecule has 1 aromatic heterocycles. The van der Waals surface area contributed by atoms with Crippen molar-refractivity contribution in [3.05, 3.63) is 18.0 Å². The molecule has 0 saturated carbocycles. The molecule has 0 spiro atoms. The van der Waals surface area contributed by atoms with Gasteiger partial charge in [-0.3, -0.25) is 9.48 Å². The van der Waals surface area contributed by atoms with Crippen LogP contribution in [0.5, 0.6) is 0 Å². The van der Waals surface area contributed by atoms with Crippen LogP contribution in [0.3, 0.4) is 0 Å². The predicted octanol–water partition coefficient (Wildman–Crippen LogP) is 1.23. The lowest BCUT2D eigenvalue weighted by Gasteiger charge is -2.30. The zero-order chi connectivity index (χ0) is 14.9. The SMILES string of the molecule is CN(CC(C)(C)C)C(=O)[C@H]1CNC[C@@H]1c1cnn(C)c1. The van der Waals surface area contributed by atoms with Gasteiger partial charge in [0.2, 0.25) is 5.91 Å². The molecule has 20 heavy (non-hydrogen) atoms. The molecule has 1 aliphatic heterocycles. The van der Waals surface area contributed by atoms with Crippen molar-refractivity contribution in [3.8, 4) is 0 Å². The fraction of sp³-hybridized carbons (Fsp3) is 0.733.